The Morgan fingerprint density at radius 2 is 2.29 bits per heavy atom. The molecular formula is C14H17BrO2. The van der Waals surface area contributed by atoms with Gasteiger partial charge < -0.3 is 4.74 Å². The van der Waals surface area contributed by atoms with Crippen molar-refractivity contribution < 1.29 is 9.53 Å². The second-order valence-electron chi connectivity index (χ2n) is 4.69. The summed E-state index contributed by atoms with van der Waals surface area (Å²) in [7, 11) is 1.47. The lowest BCUT2D eigenvalue weighted by Gasteiger charge is -2.07. The fourth-order valence-corrected chi connectivity index (χ4v) is 2.68. The van der Waals surface area contributed by atoms with Gasteiger partial charge in [0, 0.05) is 4.47 Å². The Balaban J connectivity index is 1.88. The summed E-state index contributed by atoms with van der Waals surface area (Å²) in [6.45, 7) is 2.13. The SMILES string of the molecule is COC(=O)C1CC1CCc1cccc(Br)c1C. The van der Waals surface area contributed by atoms with Crippen LogP contribution in [-0.2, 0) is 16.0 Å². The maximum absolute atomic E-state index is 11.3. The van der Waals surface area contributed by atoms with Crippen LogP contribution < -0.4 is 0 Å². The number of methoxy groups -OCH3 is 1. The van der Waals surface area contributed by atoms with Gasteiger partial charge in [-0.3, -0.25) is 4.79 Å². The topological polar surface area (TPSA) is 26.3 Å². The maximum atomic E-state index is 11.3. The number of hydrogen-bond acceptors (Lipinski definition) is 2. The number of halogens is 1. The molecule has 2 atom stereocenters. The Hall–Kier alpha value is -0.830. The highest BCUT2D eigenvalue weighted by Gasteiger charge is 2.43. The molecule has 92 valence electrons. The van der Waals surface area contributed by atoms with Gasteiger partial charge in [-0.2, -0.15) is 0 Å². The van der Waals surface area contributed by atoms with E-state index >= 15 is 0 Å². The average Bonchev–Trinajstić information content (AvgIpc) is 3.09. The highest BCUT2D eigenvalue weighted by molar-refractivity contribution is 9.10. The minimum Gasteiger partial charge on any atom is -0.469 e. The van der Waals surface area contributed by atoms with E-state index in [-0.39, 0.29) is 11.9 Å². The van der Waals surface area contributed by atoms with Crippen molar-refractivity contribution in [1.82, 2.24) is 0 Å². The number of rotatable bonds is 4. The van der Waals surface area contributed by atoms with Crippen LogP contribution in [0.5, 0.6) is 0 Å². The molecule has 3 heteroatoms. The van der Waals surface area contributed by atoms with Crippen LogP contribution in [-0.4, -0.2) is 13.1 Å². The van der Waals surface area contributed by atoms with Crippen LogP contribution in [0.1, 0.15) is 24.0 Å². The second kappa shape index (κ2) is 5.21. The zero-order chi connectivity index (χ0) is 12.4. The van der Waals surface area contributed by atoms with E-state index < -0.39 is 0 Å². The molecule has 0 amide bonds. The normalized spacial score (nSPS) is 22.3. The number of benzene rings is 1. The van der Waals surface area contributed by atoms with E-state index in [1.54, 1.807) is 0 Å². The van der Waals surface area contributed by atoms with Crippen molar-refractivity contribution in [3.8, 4) is 0 Å². The summed E-state index contributed by atoms with van der Waals surface area (Å²) in [6.07, 6.45) is 3.13. The molecule has 1 saturated carbocycles. The first-order chi connectivity index (χ1) is 8.13. The molecule has 0 saturated heterocycles. The summed E-state index contributed by atoms with van der Waals surface area (Å²) in [6, 6.07) is 6.29. The molecule has 0 bridgehead atoms. The van der Waals surface area contributed by atoms with E-state index in [1.807, 2.05) is 0 Å². The zero-order valence-electron chi connectivity index (χ0n) is 10.2. The number of ether oxygens (including phenoxy) is 1. The van der Waals surface area contributed by atoms with Gasteiger partial charge in [-0.1, -0.05) is 28.1 Å². The van der Waals surface area contributed by atoms with Crippen LogP contribution in [0.2, 0.25) is 0 Å². The number of carbonyl (C=O) groups excluding carboxylic acids is 1. The van der Waals surface area contributed by atoms with E-state index in [4.69, 9.17) is 4.74 Å². The molecule has 1 aliphatic carbocycles. The molecule has 2 nitrogen and oxygen atoms in total. The summed E-state index contributed by atoms with van der Waals surface area (Å²) in [5.74, 6) is 0.647. The molecule has 1 aromatic rings. The van der Waals surface area contributed by atoms with Gasteiger partial charge >= 0.3 is 5.97 Å². The quantitative estimate of drug-likeness (QED) is 0.795. The number of esters is 1. The van der Waals surface area contributed by atoms with Gasteiger partial charge in [-0.15, -0.1) is 0 Å². The first-order valence-electron chi connectivity index (χ1n) is 5.95. The summed E-state index contributed by atoms with van der Waals surface area (Å²) in [5.41, 5.74) is 2.68. The van der Waals surface area contributed by atoms with Gasteiger partial charge in [0.15, 0.2) is 0 Å². The monoisotopic (exact) mass is 296 g/mol. The Kier molecular flexibility index (Phi) is 3.87. The second-order valence-corrected chi connectivity index (χ2v) is 5.54. The highest BCUT2D eigenvalue weighted by atomic mass is 79.9. The van der Waals surface area contributed by atoms with Crippen molar-refractivity contribution in [3.63, 3.8) is 0 Å². The standard InChI is InChI=1S/C14H17BrO2/c1-9-10(4-3-5-13(9)15)6-7-11-8-12(11)14(16)17-2/h3-5,11-12H,6-8H2,1-2H3. The van der Waals surface area contributed by atoms with Crippen LogP contribution in [0.25, 0.3) is 0 Å². The summed E-state index contributed by atoms with van der Waals surface area (Å²) in [5, 5.41) is 0. The van der Waals surface area contributed by atoms with Crippen molar-refractivity contribution in [3.05, 3.63) is 33.8 Å². The Morgan fingerprint density at radius 1 is 1.53 bits per heavy atom. The lowest BCUT2D eigenvalue weighted by Crippen LogP contribution is -2.04. The lowest BCUT2D eigenvalue weighted by atomic mass is 10.0. The van der Waals surface area contributed by atoms with E-state index in [0.29, 0.717) is 5.92 Å². The minimum absolute atomic E-state index is 0.0408. The predicted octanol–water partition coefficient (Wildman–Crippen LogP) is 3.50. The van der Waals surface area contributed by atoms with Gasteiger partial charge in [0.2, 0.25) is 0 Å². The molecule has 0 radical (unpaired) electrons. The average molecular weight is 297 g/mol. The van der Waals surface area contributed by atoms with E-state index in [9.17, 15) is 4.79 Å². The Bertz CT molecular complexity index is 428. The molecule has 0 heterocycles. The summed E-state index contributed by atoms with van der Waals surface area (Å²) >= 11 is 3.54. The van der Waals surface area contributed by atoms with E-state index in [1.165, 1.54) is 18.2 Å². The molecule has 2 rings (SSSR count). The fourth-order valence-electron chi connectivity index (χ4n) is 2.27. The van der Waals surface area contributed by atoms with Crippen LogP contribution in [0.4, 0.5) is 0 Å². The number of carbonyl (C=O) groups is 1. The Labute approximate surface area is 110 Å². The molecule has 1 fully saturated rings. The van der Waals surface area contributed by atoms with Crippen LogP contribution in [0.15, 0.2) is 22.7 Å². The molecule has 2 unspecified atom stereocenters. The van der Waals surface area contributed by atoms with E-state index in [0.717, 1.165) is 23.7 Å². The minimum atomic E-state index is -0.0408. The smallest absolute Gasteiger partial charge is 0.308 e. The Morgan fingerprint density at radius 3 is 3.00 bits per heavy atom. The van der Waals surface area contributed by atoms with Crippen LogP contribution in [0.3, 0.4) is 0 Å². The van der Waals surface area contributed by atoms with Gasteiger partial charge in [0.25, 0.3) is 0 Å². The fraction of sp³-hybridized carbons (Fsp3) is 0.500. The van der Waals surface area contributed by atoms with Gasteiger partial charge in [-0.25, -0.2) is 0 Å². The lowest BCUT2D eigenvalue weighted by molar-refractivity contribution is -0.142. The van der Waals surface area contributed by atoms with Crippen molar-refractivity contribution in [2.45, 2.75) is 26.2 Å². The third-order valence-corrected chi connectivity index (χ3v) is 4.45. The van der Waals surface area contributed by atoms with Crippen molar-refractivity contribution >= 4 is 21.9 Å². The van der Waals surface area contributed by atoms with Crippen LogP contribution in [0, 0.1) is 18.8 Å². The molecule has 0 spiro atoms. The van der Waals surface area contributed by atoms with Crippen LogP contribution >= 0.6 is 15.9 Å². The first-order valence-corrected chi connectivity index (χ1v) is 6.74. The maximum Gasteiger partial charge on any atom is 0.308 e. The molecule has 0 aromatic heterocycles. The van der Waals surface area contributed by atoms with Gasteiger partial charge in [-0.05, 0) is 49.3 Å². The molecule has 1 aliphatic rings. The third-order valence-electron chi connectivity index (χ3n) is 3.59. The molecule has 0 aliphatic heterocycles. The van der Waals surface area contributed by atoms with Crippen molar-refractivity contribution in [2.75, 3.05) is 7.11 Å². The summed E-state index contributed by atoms with van der Waals surface area (Å²) in [4.78, 5) is 11.3. The number of aryl methyl sites for hydroxylation is 1. The van der Waals surface area contributed by atoms with Gasteiger partial charge in [0.05, 0.1) is 13.0 Å². The number of hydrogen-bond donors (Lipinski definition) is 0. The molecule has 17 heavy (non-hydrogen) atoms. The molecular weight excluding hydrogens is 280 g/mol. The third kappa shape index (κ3) is 2.89. The predicted molar refractivity (Wildman–Crippen MR) is 70.8 cm³/mol. The molecule has 1 aromatic carbocycles. The van der Waals surface area contributed by atoms with Crippen molar-refractivity contribution in [1.29, 1.82) is 0 Å². The molecule has 0 N–H and O–H groups in total. The van der Waals surface area contributed by atoms with E-state index in [2.05, 4.69) is 41.1 Å². The van der Waals surface area contributed by atoms with Gasteiger partial charge in [0.1, 0.15) is 0 Å². The summed E-state index contributed by atoms with van der Waals surface area (Å²) < 4.78 is 5.92. The zero-order valence-corrected chi connectivity index (χ0v) is 11.8. The van der Waals surface area contributed by atoms with Crippen molar-refractivity contribution in [2.24, 2.45) is 11.8 Å². The highest BCUT2D eigenvalue weighted by Crippen LogP contribution is 2.43. The first kappa shape index (κ1) is 12.6. The largest absolute Gasteiger partial charge is 0.469 e.